The topological polar surface area (TPSA) is 52.8 Å². The Balaban J connectivity index is 2.41. The largest absolute Gasteiger partial charge is 0.411 e. The summed E-state index contributed by atoms with van der Waals surface area (Å²) in [7, 11) is 0. The van der Waals surface area contributed by atoms with E-state index in [2.05, 4.69) is 36.3 Å². The molecule has 2 aromatic carbocycles. The van der Waals surface area contributed by atoms with Gasteiger partial charge in [-0.05, 0) is 37.3 Å². The molecular formula is C23H31NO2. The van der Waals surface area contributed by atoms with E-state index in [9.17, 15) is 10.3 Å². The Kier molecular flexibility index (Phi) is 8.36. The van der Waals surface area contributed by atoms with Crippen LogP contribution in [0.5, 0.6) is 0 Å². The minimum atomic E-state index is -0.342. The van der Waals surface area contributed by atoms with Gasteiger partial charge in [0.2, 0.25) is 0 Å². The number of rotatable bonds is 10. The van der Waals surface area contributed by atoms with E-state index in [1.165, 1.54) is 0 Å². The van der Waals surface area contributed by atoms with Crippen LogP contribution >= 0.6 is 0 Å². The van der Waals surface area contributed by atoms with Crippen molar-refractivity contribution in [1.29, 1.82) is 0 Å². The van der Waals surface area contributed by atoms with E-state index in [-0.39, 0.29) is 17.9 Å². The molecule has 0 spiro atoms. The normalized spacial score (nSPS) is 14.4. The van der Waals surface area contributed by atoms with Crippen LogP contribution in [-0.2, 0) is 0 Å². The molecule has 0 saturated heterocycles. The predicted molar refractivity (Wildman–Crippen MR) is 108 cm³/mol. The summed E-state index contributed by atoms with van der Waals surface area (Å²) >= 11 is 0. The second kappa shape index (κ2) is 10.8. The first-order valence-corrected chi connectivity index (χ1v) is 9.67. The number of benzene rings is 2. The summed E-state index contributed by atoms with van der Waals surface area (Å²) in [5.41, 5.74) is 3.06. The van der Waals surface area contributed by atoms with Gasteiger partial charge in [-0.1, -0.05) is 85.6 Å². The van der Waals surface area contributed by atoms with Gasteiger partial charge in [0.15, 0.2) is 0 Å². The molecular weight excluding hydrogens is 322 g/mol. The lowest BCUT2D eigenvalue weighted by Gasteiger charge is -2.26. The third-order valence-electron chi connectivity index (χ3n) is 4.93. The minimum Gasteiger partial charge on any atom is -0.411 e. The minimum absolute atomic E-state index is 0.0711. The number of aliphatic hydroxyl groups is 1. The molecule has 0 aliphatic heterocycles. The first-order chi connectivity index (χ1) is 12.7. The fourth-order valence-electron chi connectivity index (χ4n) is 3.53. The van der Waals surface area contributed by atoms with Gasteiger partial charge in [-0.15, -0.1) is 0 Å². The van der Waals surface area contributed by atoms with Crippen LogP contribution < -0.4 is 0 Å². The van der Waals surface area contributed by atoms with Crippen LogP contribution in [0.4, 0.5) is 0 Å². The summed E-state index contributed by atoms with van der Waals surface area (Å²) < 4.78 is 0. The third-order valence-corrected chi connectivity index (χ3v) is 4.93. The Bertz CT molecular complexity index is 613. The smallest absolute Gasteiger partial charge is 0.0720 e. The Morgan fingerprint density at radius 2 is 1.42 bits per heavy atom. The fourth-order valence-corrected chi connectivity index (χ4v) is 3.53. The van der Waals surface area contributed by atoms with Crippen LogP contribution in [0.1, 0.15) is 63.0 Å². The molecule has 2 unspecified atom stereocenters. The molecule has 0 heterocycles. The highest BCUT2D eigenvalue weighted by molar-refractivity contribution is 5.95. The third kappa shape index (κ3) is 5.70. The lowest BCUT2D eigenvalue weighted by atomic mass is 9.78. The van der Waals surface area contributed by atoms with Crippen molar-refractivity contribution in [2.75, 3.05) is 0 Å². The molecule has 0 aliphatic rings. The fraction of sp³-hybridized carbons (Fsp3) is 0.435. The summed E-state index contributed by atoms with van der Waals surface area (Å²) in [6.45, 7) is 3.99. The molecule has 140 valence electrons. The van der Waals surface area contributed by atoms with Crippen molar-refractivity contribution in [2.24, 2.45) is 11.1 Å². The van der Waals surface area contributed by atoms with E-state index >= 15 is 0 Å². The molecule has 0 amide bonds. The van der Waals surface area contributed by atoms with Crippen molar-refractivity contribution in [3.8, 4) is 0 Å². The maximum Gasteiger partial charge on any atom is 0.0720 e. The van der Waals surface area contributed by atoms with Crippen molar-refractivity contribution in [3.05, 3.63) is 71.8 Å². The maximum absolute atomic E-state index is 9.98. The molecule has 2 N–H and O–H groups in total. The highest BCUT2D eigenvalue weighted by Crippen LogP contribution is 2.33. The SMILES string of the molecule is CCCCC(CCC(C)O)C(=NO)C(c1ccccc1)c1ccccc1. The van der Waals surface area contributed by atoms with Gasteiger partial charge < -0.3 is 10.3 Å². The van der Waals surface area contributed by atoms with Gasteiger partial charge in [0.1, 0.15) is 0 Å². The highest BCUT2D eigenvalue weighted by Gasteiger charge is 2.28. The van der Waals surface area contributed by atoms with Crippen LogP contribution in [-0.4, -0.2) is 22.1 Å². The maximum atomic E-state index is 9.98. The zero-order valence-electron chi connectivity index (χ0n) is 15.9. The van der Waals surface area contributed by atoms with Crippen LogP contribution in [0.15, 0.2) is 65.8 Å². The predicted octanol–water partition coefficient (Wildman–Crippen LogP) is 5.62. The molecule has 26 heavy (non-hydrogen) atoms. The van der Waals surface area contributed by atoms with Gasteiger partial charge in [-0.25, -0.2) is 0 Å². The summed E-state index contributed by atoms with van der Waals surface area (Å²) in [5, 5.41) is 23.5. The summed E-state index contributed by atoms with van der Waals surface area (Å²) in [5.74, 6) is 0.0817. The number of nitrogens with zero attached hydrogens (tertiary/aromatic N) is 1. The van der Waals surface area contributed by atoms with Crippen LogP contribution in [0.25, 0.3) is 0 Å². The van der Waals surface area contributed by atoms with Crippen LogP contribution in [0.2, 0.25) is 0 Å². The summed E-state index contributed by atoms with van der Waals surface area (Å²) in [4.78, 5) is 0. The lowest BCUT2D eigenvalue weighted by Crippen LogP contribution is -2.25. The van der Waals surface area contributed by atoms with Crippen LogP contribution in [0.3, 0.4) is 0 Å². The van der Waals surface area contributed by atoms with Crippen molar-refractivity contribution in [2.45, 2.75) is 58.0 Å². The van der Waals surface area contributed by atoms with Crippen molar-refractivity contribution >= 4 is 5.71 Å². The van der Waals surface area contributed by atoms with Gasteiger partial charge in [0.05, 0.1) is 17.7 Å². The van der Waals surface area contributed by atoms with Crippen LogP contribution in [0, 0.1) is 5.92 Å². The zero-order valence-corrected chi connectivity index (χ0v) is 15.9. The first kappa shape index (κ1) is 20.2. The lowest BCUT2D eigenvalue weighted by molar-refractivity contribution is 0.176. The van der Waals surface area contributed by atoms with Gasteiger partial charge in [0.25, 0.3) is 0 Å². The molecule has 0 aliphatic carbocycles. The van der Waals surface area contributed by atoms with E-state index < -0.39 is 0 Å². The van der Waals surface area contributed by atoms with Crippen molar-refractivity contribution in [3.63, 3.8) is 0 Å². The van der Waals surface area contributed by atoms with E-state index in [0.29, 0.717) is 6.42 Å². The van der Waals surface area contributed by atoms with E-state index in [1.54, 1.807) is 0 Å². The molecule has 0 bridgehead atoms. The molecule has 3 heteroatoms. The highest BCUT2D eigenvalue weighted by atomic mass is 16.4. The Labute approximate surface area is 157 Å². The van der Waals surface area contributed by atoms with E-state index in [4.69, 9.17) is 0 Å². The van der Waals surface area contributed by atoms with Gasteiger partial charge in [0, 0.05) is 5.92 Å². The number of aliphatic hydroxyl groups excluding tert-OH is 1. The molecule has 2 atom stereocenters. The number of unbranched alkanes of at least 4 members (excludes halogenated alkanes) is 1. The summed E-state index contributed by atoms with van der Waals surface area (Å²) in [6.07, 6.45) is 4.35. The molecule has 2 aromatic rings. The number of hydrogen-bond donors (Lipinski definition) is 2. The molecule has 0 aromatic heterocycles. The van der Waals surface area contributed by atoms with E-state index in [0.717, 1.165) is 42.5 Å². The molecule has 3 nitrogen and oxygen atoms in total. The van der Waals surface area contributed by atoms with Gasteiger partial charge in [-0.3, -0.25) is 0 Å². The Morgan fingerprint density at radius 1 is 0.885 bits per heavy atom. The number of oxime groups is 1. The summed E-state index contributed by atoms with van der Waals surface area (Å²) in [6, 6.07) is 20.5. The average molecular weight is 354 g/mol. The Hall–Kier alpha value is -2.13. The van der Waals surface area contributed by atoms with Gasteiger partial charge >= 0.3 is 0 Å². The monoisotopic (exact) mass is 353 g/mol. The molecule has 0 radical (unpaired) electrons. The first-order valence-electron chi connectivity index (χ1n) is 9.67. The number of hydrogen-bond acceptors (Lipinski definition) is 3. The quantitative estimate of drug-likeness (QED) is 0.331. The second-order valence-corrected chi connectivity index (χ2v) is 7.04. The van der Waals surface area contributed by atoms with E-state index in [1.807, 2.05) is 43.3 Å². The Morgan fingerprint density at radius 3 is 1.85 bits per heavy atom. The molecule has 0 saturated carbocycles. The standard InChI is InChI=1S/C23H31NO2/c1-3-4-11-21(17-16-18(2)25)23(24-26)22(19-12-7-5-8-13-19)20-14-9-6-10-15-20/h5-10,12-15,18,21-22,25-26H,3-4,11,16-17H2,1-2H3. The average Bonchev–Trinajstić information content (AvgIpc) is 2.68. The van der Waals surface area contributed by atoms with Crippen molar-refractivity contribution in [1.82, 2.24) is 0 Å². The second-order valence-electron chi connectivity index (χ2n) is 7.04. The zero-order chi connectivity index (χ0) is 18.8. The molecule has 0 fully saturated rings. The van der Waals surface area contributed by atoms with Crippen molar-refractivity contribution < 1.29 is 10.3 Å². The molecule has 2 rings (SSSR count). The van der Waals surface area contributed by atoms with Gasteiger partial charge in [-0.2, -0.15) is 0 Å².